The smallest absolute Gasteiger partial charge is 0.339 e. The lowest BCUT2D eigenvalue weighted by atomic mass is 10.2. The van der Waals surface area contributed by atoms with Crippen molar-refractivity contribution in [3.8, 4) is 0 Å². The van der Waals surface area contributed by atoms with E-state index in [4.69, 9.17) is 16.7 Å². The molecule has 0 amide bonds. The zero-order valence-corrected chi connectivity index (χ0v) is 9.60. The SMILES string of the molecule is COC(=O)c1cc(S(N)(=O)=O)cc(F)c1Cl. The average molecular weight is 268 g/mol. The van der Waals surface area contributed by atoms with Crippen LogP contribution in [0.3, 0.4) is 0 Å². The predicted octanol–water partition coefficient (Wildman–Crippen LogP) is 0.913. The van der Waals surface area contributed by atoms with Crippen molar-refractivity contribution in [1.29, 1.82) is 0 Å². The van der Waals surface area contributed by atoms with Crippen LogP contribution in [0, 0.1) is 5.82 Å². The Kier molecular flexibility index (Phi) is 3.51. The molecule has 2 N–H and O–H groups in total. The molecule has 8 heteroatoms. The highest BCUT2D eigenvalue weighted by atomic mass is 35.5. The van der Waals surface area contributed by atoms with E-state index in [-0.39, 0.29) is 0 Å². The maximum Gasteiger partial charge on any atom is 0.339 e. The number of esters is 1. The van der Waals surface area contributed by atoms with Gasteiger partial charge in [-0.15, -0.1) is 0 Å². The fraction of sp³-hybridized carbons (Fsp3) is 0.125. The molecule has 0 unspecified atom stereocenters. The fourth-order valence-electron chi connectivity index (χ4n) is 0.987. The lowest BCUT2D eigenvalue weighted by Gasteiger charge is -2.05. The largest absolute Gasteiger partial charge is 0.465 e. The first kappa shape index (κ1) is 12.9. The third kappa shape index (κ3) is 2.49. The van der Waals surface area contributed by atoms with Gasteiger partial charge < -0.3 is 4.74 Å². The van der Waals surface area contributed by atoms with E-state index in [1.165, 1.54) is 0 Å². The summed E-state index contributed by atoms with van der Waals surface area (Å²) in [4.78, 5) is 10.6. The van der Waals surface area contributed by atoms with E-state index in [0.717, 1.165) is 13.2 Å². The van der Waals surface area contributed by atoms with Gasteiger partial charge in [0, 0.05) is 0 Å². The minimum absolute atomic E-state index is 0.395. The number of primary sulfonamides is 1. The van der Waals surface area contributed by atoms with Crippen LogP contribution >= 0.6 is 11.6 Å². The van der Waals surface area contributed by atoms with Crippen molar-refractivity contribution in [2.75, 3.05) is 7.11 Å². The van der Waals surface area contributed by atoms with Crippen LogP contribution in [0.2, 0.25) is 5.02 Å². The zero-order valence-electron chi connectivity index (χ0n) is 8.03. The van der Waals surface area contributed by atoms with Crippen molar-refractivity contribution in [3.63, 3.8) is 0 Å². The van der Waals surface area contributed by atoms with E-state index in [0.29, 0.717) is 6.07 Å². The topological polar surface area (TPSA) is 86.5 Å². The maximum atomic E-state index is 13.2. The molecular weight excluding hydrogens is 261 g/mol. The van der Waals surface area contributed by atoms with E-state index in [1.54, 1.807) is 0 Å². The molecule has 1 aromatic carbocycles. The number of carbonyl (C=O) groups excluding carboxylic acids is 1. The molecule has 1 aromatic rings. The number of sulfonamides is 1. The molecule has 0 aliphatic carbocycles. The van der Waals surface area contributed by atoms with E-state index >= 15 is 0 Å². The first-order valence-electron chi connectivity index (χ1n) is 3.87. The second-order valence-electron chi connectivity index (χ2n) is 2.80. The van der Waals surface area contributed by atoms with E-state index in [2.05, 4.69) is 4.74 Å². The van der Waals surface area contributed by atoms with Crippen LogP contribution in [-0.2, 0) is 14.8 Å². The predicted molar refractivity (Wildman–Crippen MR) is 54.1 cm³/mol. The first-order valence-corrected chi connectivity index (χ1v) is 5.80. The molecule has 88 valence electrons. The Bertz CT molecular complexity index is 543. The summed E-state index contributed by atoms with van der Waals surface area (Å²) < 4.78 is 39.5. The maximum absolute atomic E-state index is 13.2. The molecule has 0 saturated carbocycles. The minimum Gasteiger partial charge on any atom is -0.465 e. The van der Waals surface area contributed by atoms with Crippen molar-refractivity contribution < 1.29 is 22.3 Å². The van der Waals surface area contributed by atoms with Gasteiger partial charge in [-0.3, -0.25) is 0 Å². The van der Waals surface area contributed by atoms with Crippen molar-refractivity contribution in [2.24, 2.45) is 5.14 Å². The highest BCUT2D eigenvalue weighted by Crippen LogP contribution is 2.24. The number of carbonyl (C=O) groups is 1. The zero-order chi connectivity index (χ0) is 12.5. The Balaban J connectivity index is 3.51. The van der Waals surface area contributed by atoms with Gasteiger partial charge in [0.15, 0.2) is 0 Å². The fourth-order valence-corrected chi connectivity index (χ4v) is 1.72. The second-order valence-corrected chi connectivity index (χ2v) is 4.74. The third-order valence-electron chi connectivity index (χ3n) is 1.74. The number of rotatable bonds is 2. The van der Waals surface area contributed by atoms with Gasteiger partial charge in [-0.1, -0.05) is 11.6 Å². The lowest BCUT2D eigenvalue weighted by Crippen LogP contribution is -2.14. The highest BCUT2D eigenvalue weighted by Gasteiger charge is 2.20. The molecule has 0 spiro atoms. The number of ether oxygens (including phenoxy) is 1. The van der Waals surface area contributed by atoms with Gasteiger partial charge in [0.2, 0.25) is 10.0 Å². The van der Waals surface area contributed by atoms with Gasteiger partial charge in [-0.25, -0.2) is 22.7 Å². The molecule has 0 atom stereocenters. The standard InChI is InChI=1S/C8H7ClFNO4S/c1-15-8(12)5-2-4(16(11,13)14)3-6(10)7(5)9/h2-3H,1H3,(H2,11,13,14). The average Bonchev–Trinajstić information content (AvgIpc) is 2.19. The van der Waals surface area contributed by atoms with Crippen molar-refractivity contribution in [2.45, 2.75) is 4.90 Å². The van der Waals surface area contributed by atoms with E-state index in [9.17, 15) is 17.6 Å². The van der Waals surface area contributed by atoms with Crippen molar-refractivity contribution in [1.82, 2.24) is 0 Å². The lowest BCUT2D eigenvalue weighted by molar-refractivity contribution is 0.0600. The molecule has 0 aliphatic heterocycles. The van der Waals surface area contributed by atoms with E-state index in [1.807, 2.05) is 0 Å². The Morgan fingerprint density at radius 2 is 2.06 bits per heavy atom. The Morgan fingerprint density at radius 1 is 1.50 bits per heavy atom. The Hall–Kier alpha value is -1.18. The Labute approximate surface area is 96.0 Å². The normalized spacial score (nSPS) is 11.2. The molecule has 16 heavy (non-hydrogen) atoms. The summed E-state index contributed by atoms with van der Waals surface area (Å²) >= 11 is 5.48. The number of nitrogens with two attached hydrogens (primary N) is 1. The van der Waals surface area contributed by atoms with Crippen LogP contribution in [0.1, 0.15) is 10.4 Å². The van der Waals surface area contributed by atoms with Gasteiger partial charge in [0.1, 0.15) is 5.82 Å². The van der Waals surface area contributed by atoms with Crippen LogP contribution in [0.25, 0.3) is 0 Å². The molecule has 0 aliphatic rings. The van der Waals surface area contributed by atoms with Crippen LogP contribution in [0.15, 0.2) is 17.0 Å². The van der Waals surface area contributed by atoms with Crippen LogP contribution in [0.5, 0.6) is 0 Å². The minimum atomic E-state index is -4.11. The summed E-state index contributed by atoms with van der Waals surface area (Å²) in [6.45, 7) is 0. The molecule has 0 radical (unpaired) electrons. The van der Waals surface area contributed by atoms with Gasteiger partial charge in [-0.05, 0) is 12.1 Å². The van der Waals surface area contributed by atoms with Gasteiger partial charge in [0.25, 0.3) is 0 Å². The van der Waals surface area contributed by atoms with Gasteiger partial charge in [-0.2, -0.15) is 0 Å². The second kappa shape index (κ2) is 4.36. The summed E-state index contributed by atoms with van der Waals surface area (Å²) in [5.74, 6) is -2.01. The van der Waals surface area contributed by atoms with E-state index < -0.39 is 37.3 Å². The molecule has 0 saturated heterocycles. The Morgan fingerprint density at radius 3 is 2.50 bits per heavy atom. The number of hydrogen-bond acceptors (Lipinski definition) is 4. The molecule has 5 nitrogen and oxygen atoms in total. The highest BCUT2D eigenvalue weighted by molar-refractivity contribution is 7.89. The number of hydrogen-bond donors (Lipinski definition) is 1. The van der Waals surface area contributed by atoms with Gasteiger partial charge in [0.05, 0.1) is 22.6 Å². The van der Waals surface area contributed by atoms with Gasteiger partial charge >= 0.3 is 5.97 Å². The van der Waals surface area contributed by atoms with Crippen molar-refractivity contribution >= 4 is 27.6 Å². The van der Waals surface area contributed by atoms with Crippen LogP contribution < -0.4 is 5.14 Å². The summed E-state index contributed by atoms with van der Waals surface area (Å²) in [5.41, 5.74) is -0.395. The summed E-state index contributed by atoms with van der Waals surface area (Å²) in [5, 5.41) is 4.28. The molecule has 0 bridgehead atoms. The van der Waals surface area contributed by atoms with Crippen molar-refractivity contribution in [3.05, 3.63) is 28.5 Å². The molecule has 0 aromatic heterocycles. The number of methoxy groups -OCH3 is 1. The summed E-state index contributed by atoms with van der Waals surface area (Å²) in [7, 11) is -3.06. The molecule has 0 heterocycles. The van der Waals surface area contributed by atoms with Crippen LogP contribution in [-0.4, -0.2) is 21.5 Å². The quantitative estimate of drug-likeness (QED) is 0.807. The summed E-state index contributed by atoms with van der Waals surface area (Å²) in [6.07, 6.45) is 0. The molecule has 0 fully saturated rings. The monoisotopic (exact) mass is 267 g/mol. The van der Waals surface area contributed by atoms with Crippen LogP contribution in [0.4, 0.5) is 4.39 Å². The number of benzene rings is 1. The third-order valence-corrected chi connectivity index (χ3v) is 3.01. The summed E-state index contributed by atoms with van der Waals surface area (Å²) in [6, 6.07) is 1.48. The number of halogens is 2. The molecular formula is C8H7ClFNO4S. The first-order chi connectivity index (χ1) is 7.27. The molecule has 1 rings (SSSR count).